The van der Waals surface area contributed by atoms with Crippen LogP contribution in [-0.4, -0.2) is 24.4 Å². The number of carboxylic acids is 1. The molecule has 2 aromatic carbocycles. The number of oxime groups is 1. The molecule has 0 unspecified atom stereocenters. The van der Waals surface area contributed by atoms with Gasteiger partial charge in [0.25, 0.3) is 0 Å². The van der Waals surface area contributed by atoms with Crippen molar-refractivity contribution in [2.24, 2.45) is 5.16 Å². The van der Waals surface area contributed by atoms with E-state index in [0.717, 1.165) is 18.3 Å². The van der Waals surface area contributed by atoms with E-state index in [1.54, 1.807) is 0 Å². The molecular weight excluding hydrogens is 440 g/mol. The van der Waals surface area contributed by atoms with E-state index in [0.29, 0.717) is 3.57 Å². The van der Waals surface area contributed by atoms with Gasteiger partial charge in [-0.2, -0.15) is 0 Å². The van der Waals surface area contributed by atoms with Gasteiger partial charge in [-0.15, -0.1) is 0 Å². The van der Waals surface area contributed by atoms with Crippen LogP contribution in [0.15, 0.2) is 29.4 Å². The molecule has 0 atom stereocenters. The molecule has 5 nitrogen and oxygen atoms in total. The van der Waals surface area contributed by atoms with Crippen LogP contribution in [0, 0.1) is 21.0 Å². The minimum Gasteiger partial charge on any atom is -0.478 e. The smallest absolute Gasteiger partial charge is 0.337 e. The summed E-state index contributed by atoms with van der Waals surface area (Å²) in [5.74, 6) is -5.06. The van der Waals surface area contributed by atoms with Crippen molar-refractivity contribution in [1.82, 2.24) is 0 Å². The summed E-state index contributed by atoms with van der Waals surface area (Å²) in [7, 11) is 1.19. The first-order valence-corrected chi connectivity index (χ1v) is 7.47. The number of rotatable bonds is 5. The van der Waals surface area contributed by atoms with Crippen molar-refractivity contribution in [3.05, 3.63) is 56.4 Å². The van der Waals surface area contributed by atoms with Crippen LogP contribution in [-0.2, 0) is 4.84 Å². The van der Waals surface area contributed by atoms with E-state index < -0.39 is 40.2 Å². The second-order valence-electron chi connectivity index (χ2n) is 4.49. The third-order valence-corrected chi connectivity index (χ3v) is 3.62. The predicted molar refractivity (Wildman–Crippen MR) is 90.3 cm³/mol. The summed E-state index contributed by atoms with van der Waals surface area (Å²) in [6, 6.07) is 4.86. The van der Waals surface area contributed by atoms with Crippen molar-refractivity contribution in [1.29, 1.82) is 0 Å². The molecule has 0 fully saturated rings. The molecule has 2 N–H and O–H groups in total. The molecule has 0 saturated carbocycles. The number of benzene rings is 2. The number of carboxylic acid groups (broad SMARTS) is 1. The fourth-order valence-electron chi connectivity index (χ4n) is 1.87. The van der Waals surface area contributed by atoms with Gasteiger partial charge in [0.2, 0.25) is 0 Å². The fraction of sp³-hybridized carbons (Fsp3) is 0.0667. The molecule has 24 heavy (non-hydrogen) atoms. The Bertz CT molecular complexity index is 828. The number of hydrogen-bond acceptors (Lipinski definition) is 4. The van der Waals surface area contributed by atoms with Gasteiger partial charge in [-0.3, -0.25) is 0 Å². The van der Waals surface area contributed by atoms with E-state index >= 15 is 0 Å². The number of nitrogens with one attached hydrogen (secondary N) is 1. The Kier molecular flexibility index (Phi) is 5.65. The molecule has 2 aromatic rings. The zero-order valence-electron chi connectivity index (χ0n) is 12.1. The molecule has 0 saturated heterocycles. The number of carbonyl (C=O) groups is 1. The SMILES string of the molecule is CO/N=C/c1cc(C(=O)O)c(Nc2ccc(I)cc2F)c(F)c1F. The Labute approximate surface area is 148 Å². The Hall–Kier alpha value is -2.30. The van der Waals surface area contributed by atoms with Gasteiger partial charge in [-0.1, -0.05) is 5.16 Å². The van der Waals surface area contributed by atoms with Crippen LogP contribution < -0.4 is 5.32 Å². The summed E-state index contributed by atoms with van der Waals surface area (Å²) < 4.78 is 42.8. The lowest BCUT2D eigenvalue weighted by atomic mass is 10.1. The zero-order chi connectivity index (χ0) is 17.9. The predicted octanol–water partition coefficient (Wildman–Crippen LogP) is 4.13. The normalized spacial score (nSPS) is 10.9. The van der Waals surface area contributed by atoms with Crippen LogP contribution in [0.4, 0.5) is 24.5 Å². The lowest BCUT2D eigenvalue weighted by molar-refractivity contribution is 0.0697. The molecule has 0 spiro atoms. The standard InChI is InChI=1S/C15H10F3IN2O3/c1-24-20-6-7-4-9(15(22)23)14(13(18)12(7)17)21-11-3-2-8(19)5-10(11)16/h2-6,21H,1H3,(H,22,23)/b20-6+. The van der Waals surface area contributed by atoms with Crippen LogP contribution in [0.2, 0.25) is 0 Å². The second kappa shape index (κ2) is 7.51. The van der Waals surface area contributed by atoms with Gasteiger partial charge in [0, 0.05) is 9.13 Å². The summed E-state index contributed by atoms with van der Waals surface area (Å²) in [5.41, 5.74) is -1.87. The molecule has 9 heteroatoms. The van der Waals surface area contributed by atoms with Crippen LogP contribution in [0.25, 0.3) is 0 Å². The Balaban J connectivity index is 2.58. The summed E-state index contributed by atoms with van der Waals surface area (Å²) in [4.78, 5) is 15.7. The van der Waals surface area contributed by atoms with Crippen LogP contribution in [0.5, 0.6) is 0 Å². The lowest BCUT2D eigenvalue weighted by Gasteiger charge is -2.13. The molecule has 0 aliphatic carbocycles. The maximum absolute atomic E-state index is 14.3. The molecule has 2 rings (SSSR count). The minimum absolute atomic E-state index is 0.186. The number of anilines is 2. The highest BCUT2D eigenvalue weighted by Crippen LogP contribution is 2.30. The zero-order valence-corrected chi connectivity index (χ0v) is 14.3. The van der Waals surface area contributed by atoms with Gasteiger partial charge < -0.3 is 15.3 Å². The van der Waals surface area contributed by atoms with E-state index in [2.05, 4.69) is 15.3 Å². The number of halogens is 4. The van der Waals surface area contributed by atoms with E-state index in [9.17, 15) is 23.1 Å². The third-order valence-electron chi connectivity index (χ3n) is 2.95. The van der Waals surface area contributed by atoms with Crippen LogP contribution in [0.3, 0.4) is 0 Å². The summed E-state index contributed by atoms with van der Waals surface area (Å²) in [6.07, 6.45) is 0.833. The molecule has 0 aliphatic heterocycles. The van der Waals surface area contributed by atoms with Crippen molar-refractivity contribution >= 4 is 46.1 Å². The number of aromatic carboxylic acids is 1. The summed E-state index contributed by atoms with van der Waals surface area (Å²) in [5, 5.41) is 14.8. The lowest BCUT2D eigenvalue weighted by Crippen LogP contribution is -2.10. The van der Waals surface area contributed by atoms with Gasteiger partial charge in [0.05, 0.1) is 23.2 Å². The van der Waals surface area contributed by atoms with Gasteiger partial charge in [-0.25, -0.2) is 18.0 Å². The van der Waals surface area contributed by atoms with Gasteiger partial charge in [0.15, 0.2) is 11.6 Å². The molecule has 0 amide bonds. The van der Waals surface area contributed by atoms with Crippen LogP contribution in [0.1, 0.15) is 15.9 Å². The first-order valence-electron chi connectivity index (χ1n) is 6.39. The fourth-order valence-corrected chi connectivity index (χ4v) is 2.32. The van der Waals surface area contributed by atoms with Crippen LogP contribution >= 0.6 is 22.6 Å². The Morgan fingerprint density at radius 3 is 2.58 bits per heavy atom. The highest BCUT2D eigenvalue weighted by molar-refractivity contribution is 14.1. The van der Waals surface area contributed by atoms with Crippen molar-refractivity contribution in [3.63, 3.8) is 0 Å². The maximum Gasteiger partial charge on any atom is 0.337 e. The van der Waals surface area contributed by atoms with E-state index in [1.165, 1.54) is 19.2 Å². The van der Waals surface area contributed by atoms with Crippen molar-refractivity contribution in [3.8, 4) is 0 Å². The number of hydrogen-bond donors (Lipinski definition) is 2. The monoisotopic (exact) mass is 450 g/mol. The molecule has 0 aromatic heterocycles. The summed E-state index contributed by atoms with van der Waals surface area (Å²) in [6.45, 7) is 0. The third kappa shape index (κ3) is 3.78. The Morgan fingerprint density at radius 1 is 1.29 bits per heavy atom. The summed E-state index contributed by atoms with van der Waals surface area (Å²) >= 11 is 1.88. The first kappa shape index (κ1) is 18.0. The molecular formula is C15H10F3IN2O3. The molecule has 0 radical (unpaired) electrons. The van der Waals surface area contributed by atoms with E-state index in [1.807, 2.05) is 22.6 Å². The second-order valence-corrected chi connectivity index (χ2v) is 5.73. The highest BCUT2D eigenvalue weighted by atomic mass is 127. The molecule has 0 heterocycles. The van der Waals surface area contributed by atoms with Gasteiger partial charge in [-0.05, 0) is 46.9 Å². The average molecular weight is 450 g/mol. The Morgan fingerprint density at radius 2 is 2.00 bits per heavy atom. The first-order chi connectivity index (χ1) is 11.3. The van der Waals surface area contributed by atoms with E-state index in [-0.39, 0.29) is 5.69 Å². The van der Waals surface area contributed by atoms with Gasteiger partial charge >= 0.3 is 5.97 Å². The van der Waals surface area contributed by atoms with Crippen molar-refractivity contribution < 1.29 is 27.9 Å². The highest BCUT2D eigenvalue weighted by Gasteiger charge is 2.22. The van der Waals surface area contributed by atoms with Crippen molar-refractivity contribution in [2.45, 2.75) is 0 Å². The topological polar surface area (TPSA) is 70.9 Å². The average Bonchev–Trinajstić information content (AvgIpc) is 2.53. The maximum atomic E-state index is 14.3. The van der Waals surface area contributed by atoms with Crippen molar-refractivity contribution in [2.75, 3.05) is 12.4 Å². The molecule has 126 valence electrons. The van der Waals surface area contributed by atoms with Gasteiger partial charge in [0.1, 0.15) is 12.9 Å². The molecule has 0 bridgehead atoms. The minimum atomic E-state index is -1.52. The number of nitrogens with zero attached hydrogens (tertiary/aromatic N) is 1. The quantitative estimate of drug-likeness (QED) is 0.409. The van der Waals surface area contributed by atoms with E-state index in [4.69, 9.17) is 0 Å². The molecule has 0 aliphatic rings. The largest absolute Gasteiger partial charge is 0.478 e.